The topological polar surface area (TPSA) is 184 Å². The van der Waals surface area contributed by atoms with E-state index >= 15 is 0 Å². The molecule has 2 aliphatic rings. The first-order valence-corrected chi connectivity index (χ1v) is 26.3. The van der Waals surface area contributed by atoms with Crippen LogP contribution < -0.4 is 11.5 Å². The van der Waals surface area contributed by atoms with Gasteiger partial charge in [0.2, 0.25) is 0 Å². The molecule has 0 aliphatic carbocycles. The molecule has 10 heteroatoms. The van der Waals surface area contributed by atoms with E-state index in [1.807, 2.05) is 48.5 Å². The quantitative estimate of drug-likeness (QED) is 0.0782. The van der Waals surface area contributed by atoms with E-state index in [2.05, 4.69) is 178 Å². The van der Waals surface area contributed by atoms with Gasteiger partial charge in [0.15, 0.2) is 0 Å². The van der Waals surface area contributed by atoms with E-state index in [-0.39, 0.29) is 34.5 Å². The minimum Gasteiger partial charge on any atom is -0.480 e. The van der Waals surface area contributed by atoms with Gasteiger partial charge in [-0.15, -0.1) is 0 Å². The molecule has 0 spiro atoms. The number of carboxylic acid groups (broad SMARTS) is 2. The number of aromatic amines is 2. The van der Waals surface area contributed by atoms with Crippen LogP contribution in [0, 0.1) is 0 Å². The summed E-state index contributed by atoms with van der Waals surface area (Å²) >= 11 is 0. The second kappa shape index (κ2) is 19.8. The van der Waals surface area contributed by atoms with Crippen molar-refractivity contribution in [3.05, 3.63) is 165 Å². The minimum absolute atomic E-state index is 0.159. The van der Waals surface area contributed by atoms with Gasteiger partial charge in [0.25, 0.3) is 0 Å². The standard InChI is InChI=1S/C66H72N6O4/c1-63(2,3)43-31-41(32-44(35-43)64(4,5)6)59-53-25-21-49(69-53)57(39-17-13-37(14-18-39)29-47(67)61(73)74)51-23-27-55(71-51)60(42-33-45(65(7,8)9)36-46(34-42)66(10,11)12)56-28-24-52(72-56)58(50-22-26-54(59)70-50)40-19-15-38(16-20-40)30-48(68)62(75)76/h13-28,31-36,47-48,69,72H,29-30,67-68H2,1-12H3,(H,73,74)(H,75,76)/t47-,48-/m0/s1. The minimum atomic E-state index is -1.04. The highest BCUT2D eigenvalue weighted by molar-refractivity contribution is 6.00. The van der Waals surface area contributed by atoms with Crippen molar-refractivity contribution in [2.45, 2.75) is 130 Å². The molecule has 0 saturated carbocycles. The van der Waals surface area contributed by atoms with Crippen molar-refractivity contribution in [1.82, 2.24) is 19.9 Å². The highest BCUT2D eigenvalue weighted by atomic mass is 16.4. The fraction of sp³-hybridized carbons (Fsp3) is 0.303. The molecule has 76 heavy (non-hydrogen) atoms. The van der Waals surface area contributed by atoms with Crippen LogP contribution in [-0.4, -0.2) is 54.2 Å². The largest absolute Gasteiger partial charge is 0.480 e. The van der Waals surface area contributed by atoms with Crippen LogP contribution in [0.3, 0.4) is 0 Å². The van der Waals surface area contributed by atoms with Crippen LogP contribution in [0.1, 0.15) is 139 Å². The second-order valence-corrected chi connectivity index (χ2v) is 24.8. The van der Waals surface area contributed by atoms with Crippen molar-refractivity contribution >= 4 is 58.3 Å². The Balaban J connectivity index is 1.45. The van der Waals surface area contributed by atoms with Crippen molar-refractivity contribution in [3.8, 4) is 44.5 Å². The molecule has 8 bridgehead atoms. The molecule has 8 N–H and O–H groups in total. The van der Waals surface area contributed by atoms with Crippen molar-refractivity contribution < 1.29 is 19.8 Å². The van der Waals surface area contributed by atoms with Gasteiger partial charge >= 0.3 is 11.9 Å². The smallest absolute Gasteiger partial charge is 0.320 e. The number of nitrogens with two attached hydrogens (primary N) is 2. The Kier molecular flexibility index (Phi) is 13.9. The van der Waals surface area contributed by atoms with Gasteiger partial charge < -0.3 is 31.6 Å². The SMILES string of the molecule is CC(C)(C)c1cc(-c2c3nc(c(-c4ccc(C[C@H](N)C(=O)O)cc4)c4ccc([nH]4)c(-c4cc(C(C)(C)C)cc(C(C)(C)C)c4)c4nc(c(-c5ccc(C[C@H](N)C(=O)O)cc5)c5ccc2[nH]5)C=C4)C=C3)cc(C(C)(C)C)c1. The molecule has 0 fully saturated rings. The molecule has 390 valence electrons. The van der Waals surface area contributed by atoms with Crippen LogP contribution in [0.15, 0.2) is 109 Å². The predicted octanol–water partition coefficient (Wildman–Crippen LogP) is 14.4. The molecule has 10 nitrogen and oxygen atoms in total. The molecule has 0 saturated heterocycles. The molecule has 5 heterocycles. The summed E-state index contributed by atoms with van der Waals surface area (Å²) in [6.07, 6.45) is 8.78. The maximum atomic E-state index is 11.8. The average Bonchev–Trinajstić information content (AvgIpc) is 4.20. The maximum absolute atomic E-state index is 11.8. The second-order valence-electron chi connectivity index (χ2n) is 24.8. The predicted molar refractivity (Wildman–Crippen MR) is 314 cm³/mol. The average molecular weight is 1010 g/mol. The first-order chi connectivity index (χ1) is 35.6. The summed E-state index contributed by atoms with van der Waals surface area (Å²) in [5, 5.41) is 19.3. The first-order valence-electron chi connectivity index (χ1n) is 26.3. The van der Waals surface area contributed by atoms with Crippen LogP contribution >= 0.6 is 0 Å². The first kappa shape index (κ1) is 53.2. The van der Waals surface area contributed by atoms with Gasteiger partial charge in [-0.05, 0) is 139 Å². The summed E-state index contributed by atoms with van der Waals surface area (Å²) in [5.74, 6) is -2.09. The normalized spacial score (nSPS) is 13.8. The lowest BCUT2D eigenvalue weighted by molar-refractivity contribution is -0.139. The number of hydrogen-bond acceptors (Lipinski definition) is 6. The molecule has 2 aliphatic heterocycles. The summed E-state index contributed by atoms with van der Waals surface area (Å²) in [7, 11) is 0. The zero-order valence-corrected chi connectivity index (χ0v) is 46.0. The van der Waals surface area contributed by atoms with Gasteiger partial charge in [-0.3, -0.25) is 9.59 Å². The lowest BCUT2D eigenvalue weighted by Gasteiger charge is -2.26. The van der Waals surface area contributed by atoms with E-state index in [1.165, 1.54) is 22.3 Å². The van der Waals surface area contributed by atoms with Crippen molar-refractivity contribution in [2.75, 3.05) is 0 Å². The third kappa shape index (κ3) is 11.0. The third-order valence-corrected chi connectivity index (χ3v) is 14.7. The van der Waals surface area contributed by atoms with Gasteiger partial charge in [-0.2, -0.15) is 0 Å². The van der Waals surface area contributed by atoms with Crippen LogP contribution in [0.25, 0.3) is 90.9 Å². The lowest BCUT2D eigenvalue weighted by Crippen LogP contribution is -2.32. The fourth-order valence-corrected chi connectivity index (χ4v) is 9.99. The molecule has 7 aromatic rings. The van der Waals surface area contributed by atoms with Crippen LogP contribution in [-0.2, 0) is 44.1 Å². The lowest BCUT2D eigenvalue weighted by atomic mass is 9.78. The Morgan fingerprint density at radius 1 is 0.408 bits per heavy atom. The van der Waals surface area contributed by atoms with Gasteiger partial charge in [0.1, 0.15) is 12.1 Å². The van der Waals surface area contributed by atoms with Gasteiger partial charge in [-0.25, -0.2) is 9.97 Å². The highest BCUT2D eigenvalue weighted by Gasteiger charge is 2.27. The number of rotatable bonds is 10. The van der Waals surface area contributed by atoms with E-state index < -0.39 is 24.0 Å². The Morgan fingerprint density at radius 2 is 0.658 bits per heavy atom. The zero-order valence-electron chi connectivity index (χ0n) is 46.0. The monoisotopic (exact) mass is 1010 g/mol. The van der Waals surface area contributed by atoms with Crippen molar-refractivity contribution in [3.63, 3.8) is 0 Å². The fourth-order valence-electron chi connectivity index (χ4n) is 9.99. The van der Waals surface area contributed by atoms with Gasteiger partial charge in [-0.1, -0.05) is 168 Å². The number of aliphatic carboxylic acids is 2. The molecule has 0 radical (unpaired) electrons. The van der Waals surface area contributed by atoms with Crippen molar-refractivity contribution in [1.29, 1.82) is 0 Å². The molecule has 3 aromatic heterocycles. The molecule has 0 unspecified atom stereocenters. The summed E-state index contributed by atoms with van der Waals surface area (Å²) in [6.45, 7) is 27.0. The molecule has 2 atom stereocenters. The summed E-state index contributed by atoms with van der Waals surface area (Å²) in [5.41, 5.74) is 31.9. The Bertz CT molecular complexity index is 3350. The number of H-pyrrole nitrogens is 2. The highest BCUT2D eigenvalue weighted by Crippen LogP contribution is 2.42. The van der Waals surface area contributed by atoms with Crippen LogP contribution in [0.5, 0.6) is 0 Å². The number of benzene rings is 4. The van der Waals surface area contributed by atoms with E-state index in [9.17, 15) is 19.8 Å². The zero-order chi connectivity index (χ0) is 54.8. The third-order valence-electron chi connectivity index (χ3n) is 14.7. The number of carboxylic acids is 2. The summed E-state index contributed by atoms with van der Waals surface area (Å²) in [4.78, 5) is 42.6. The van der Waals surface area contributed by atoms with Crippen molar-refractivity contribution in [2.24, 2.45) is 11.5 Å². The molecule has 4 aromatic carbocycles. The molecular formula is C66H72N6O4. The summed E-state index contributed by atoms with van der Waals surface area (Å²) in [6, 6.07) is 36.2. The number of aromatic nitrogens is 4. The Labute approximate surface area is 447 Å². The Morgan fingerprint density at radius 3 is 0.895 bits per heavy atom. The van der Waals surface area contributed by atoms with E-state index in [0.717, 1.165) is 100 Å². The van der Waals surface area contributed by atoms with E-state index in [0.29, 0.717) is 0 Å². The molecule has 9 rings (SSSR count). The van der Waals surface area contributed by atoms with E-state index in [4.69, 9.17) is 21.4 Å². The summed E-state index contributed by atoms with van der Waals surface area (Å²) < 4.78 is 0. The number of carbonyl (C=O) groups is 2. The van der Waals surface area contributed by atoms with Gasteiger partial charge in [0, 0.05) is 44.3 Å². The molecular weight excluding hydrogens is 941 g/mol. The van der Waals surface area contributed by atoms with E-state index in [1.54, 1.807) is 0 Å². The Hall–Kier alpha value is -7.66. The number of hydrogen-bond donors (Lipinski definition) is 6. The van der Waals surface area contributed by atoms with Crippen LogP contribution in [0.2, 0.25) is 0 Å². The number of nitrogens with zero attached hydrogens (tertiary/aromatic N) is 2. The molecule has 0 amide bonds. The number of fused-ring (bicyclic) bond motifs is 8. The maximum Gasteiger partial charge on any atom is 0.320 e. The van der Waals surface area contributed by atoms with Crippen LogP contribution in [0.4, 0.5) is 0 Å². The van der Waals surface area contributed by atoms with Gasteiger partial charge in [0.05, 0.1) is 22.8 Å². The number of nitrogens with one attached hydrogen (secondary N) is 2.